The predicted molar refractivity (Wildman–Crippen MR) is 54.2 cm³/mol. The molecule has 1 rings (SSSR count). The summed E-state index contributed by atoms with van der Waals surface area (Å²) in [5, 5.41) is 10.4. The first-order chi connectivity index (χ1) is 7.83. The first kappa shape index (κ1) is 13.1. The number of benzene rings is 1. The molecule has 0 spiro atoms. The van der Waals surface area contributed by atoms with Crippen LogP contribution in [0.25, 0.3) is 0 Å². The highest BCUT2D eigenvalue weighted by molar-refractivity contribution is 6.58. The molecule has 0 heterocycles. The van der Waals surface area contributed by atoms with Crippen molar-refractivity contribution in [1.82, 2.24) is 0 Å². The molecule has 0 bridgehead atoms. The van der Waals surface area contributed by atoms with Crippen molar-refractivity contribution < 1.29 is 27.3 Å². The van der Waals surface area contributed by atoms with Crippen molar-refractivity contribution >= 4 is 12.7 Å². The van der Waals surface area contributed by atoms with Crippen LogP contribution in [0, 0.1) is 10.1 Å². The van der Waals surface area contributed by atoms with Crippen molar-refractivity contribution in [2.24, 2.45) is 0 Å². The Morgan fingerprint density at radius 3 is 2.47 bits per heavy atom. The number of hydrogen-bond donors (Lipinski definition) is 0. The lowest BCUT2D eigenvalue weighted by molar-refractivity contribution is -0.384. The van der Waals surface area contributed by atoms with Crippen molar-refractivity contribution in [3.63, 3.8) is 0 Å². The topological polar surface area (TPSA) is 61.6 Å². The quantitative estimate of drug-likeness (QED) is 0.457. The lowest BCUT2D eigenvalue weighted by Gasteiger charge is -2.16. The first-order valence-electron chi connectivity index (χ1n) is 4.49. The van der Waals surface area contributed by atoms with Crippen LogP contribution < -0.4 is 9.47 Å². The smallest absolute Gasteiger partial charge is 0.515 e. The van der Waals surface area contributed by atoms with Crippen molar-refractivity contribution in [1.29, 1.82) is 0 Å². The normalized spacial score (nSPS) is 11.1. The highest BCUT2D eigenvalue weighted by Gasteiger charge is 2.25. The van der Waals surface area contributed by atoms with Gasteiger partial charge in [0.25, 0.3) is 5.69 Å². The second-order valence-corrected chi connectivity index (χ2v) is 3.11. The van der Waals surface area contributed by atoms with Crippen LogP contribution in [0.3, 0.4) is 0 Å². The zero-order valence-corrected chi connectivity index (χ0v) is 8.73. The van der Waals surface area contributed by atoms with Gasteiger partial charge < -0.3 is 22.4 Å². The molecule has 1 aromatic rings. The summed E-state index contributed by atoms with van der Waals surface area (Å²) in [5.41, 5.74) is -0.285. The van der Waals surface area contributed by atoms with Gasteiger partial charge in [-0.15, -0.1) is 0 Å². The summed E-state index contributed by atoms with van der Waals surface area (Å²) in [6, 6.07) is 3.11. The fourth-order valence-corrected chi connectivity index (χ4v) is 1.07. The predicted octanol–water partition coefficient (Wildman–Crippen LogP) is 2.37. The summed E-state index contributed by atoms with van der Waals surface area (Å²) in [6.45, 7) is -6.51. The number of halogens is 3. The van der Waals surface area contributed by atoms with Gasteiger partial charge in [0.2, 0.25) is 0 Å². The number of nitrogens with zero attached hydrogens (tertiary/aromatic N) is 1. The molecule has 1 aromatic carbocycles. The molecule has 17 heavy (non-hydrogen) atoms. The van der Waals surface area contributed by atoms with Crippen molar-refractivity contribution in [2.45, 2.75) is 0 Å². The Morgan fingerprint density at radius 2 is 2.00 bits per heavy atom. The van der Waals surface area contributed by atoms with Crippen molar-refractivity contribution in [3.05, 3.63) is 28.3 Å². The van der Waals surface area contributed by atoms with Crippen molar-refractivity contribution in [2.75, 3.05) is 13.6 Å². The Morgan fingerprint density at radius 1 is 1.35 bits per heavy atom. The van der Waals surface area contributed by atoms with Crippen LogP contribution in [-0.4, -0.2) is 25.5 Å². The van der Waals surface area contributed by atoms with Gasteiger partial charge in [-0.05, 0) is 6.07 Å². The molecule has 0 amide bonds. The van der Waals surface area contributed by atoms with Gasteiger partial charge in [0.1, 0.15) is 0 Å². The number of nitro benzene ring substituents is 1. The van der Waals surface area contributed by atoms with E-state index in [2.05, 4.69) is 4.74 Å². The Kier molecular flexibility index (Phi) is 3.82. The van der Waals surface area contributed by atoms with Gasteiger partial charge in [0.15, 0.2) is 11.5 Å². The van der Waals surface area contributed by atoms with Crippen LogP contribution >= 0.6 is 0 Å². The second-order valence-electron chi connectivity index (χ2n) is 3.11. The highest BCUT2D eigenvalue weighted by Crippen LogP contribution is 2.31. The van der Waals surface area contributed by atoms with E-state index in [0.29, 0.717) is 0 Å². The zero-order valence-electron chi connectivity index (χ0n) is 8.73. The number of ether oxygens (including phenoxy) is 2. The summed E-state index contributed by atoms with van der Waals surface area (Å²) in [7, 11) is 1.19. The van der Waals surface area contributed by atoms with Crippen LogP contribution in [-0.2, 0) is 0 Å². The average molecular weight is 250 g/mol. The van der Waals surface area contributed by atoms with E-state index in [4.69, 9.17) is 4.74 Å². The van der Waals surface area contributed by atoms with E-state index in [9.17, 15) is 23.1 Å². The van der Waals surface area contributed by atoms with Crippen LogP contribution in [0.15, 0.2) is 18.2 Å². The maximum absolute atomic E-state index is 12.0. The van der Waals surface area contributed by atoms with Crippen LogP contribution in [0.5, 0.6) is 11.5 Å². The SMILES string of the molecule is COc1cc([N+](=O)[O-])ccc1OC[B-](F)(F)F. The molecule has 0 saturated heterocycles. The molecule has 0 aliphatic carbocycles. The molecule has 94 valence electrons. The Bertz CT molecular complexity index is 424. The molecule has 0 N–H and O–H groups in total. The standard InChI is InChI=1S/C8H8BF3NO4/c1-16-8-4-6(13(14)15)2-3-7(8)17-5-9(10,11)12/h2-4H,5H2,1H3/q-1. The molecular weight excluding hydrogens is 242 g/mol. The third-order valence-corrected chi connectivity index (χ3v) is 1.79. The third kappa shape index (κ3) is 3.85. The second kappa shape index (κ2) is 4.94. The summed E-state index contributed by atoms with van der Waals surface area (Å²) in [5.74, 6) is -0.295. The van der Waals surface area contributed by atoms with E-state index in [-0.39, 0.29) is 17.2 Å². The molecule has 5 nitrogen and oxygen atoms in total. The maximum Gasteiger partial charge on any atom is 0.515 e. The Hall–Kier alpha value is -1.93. The number of methoxy groups -OCH3 is 1. The van der Waals surface area contributed by atoms with Gasteiger partial charge in [-0.3, -0.25) is 10.1 Å². The summed E-state index contributed by atoms with van der Waals surface area (Å²) < 4.78 is 45.1. The molecule has 0 radical (unpaired) electrons. The lowest BCUT2D eigenvalue weighted by atomic mass is 9.95. The Balaban J connectivity index is 2.89. The summed E-state index contributed by atoms with van der Waals surface area (Å²) in [4.78, 5) is 9.75. The minimum absolute atomic E-state index is 0.112. The van der Waals surface area contributed by atoms with E-state index in [1.54, 1.807) is 0 Å². The lowest BCUT2D eigenvalue weighted by Crippen LogP contribution is -2.26. The molecule has 0 fully saturated rings. The maximum atomic E-state index is 12.0. The van der Waals surface area contributed by atoms with Gasteiger partial charge in [0.05, 0.1) is 24.6 Å². The molecule has 0 saturated carbocycles. The van der Waals surface area contributed by atoms with Crippen LogP contribution in [0.2, 0.25) is 0 Å². The largest absolute Gasteiger partial charge is 0.519 e. The number of rotatable bonds is 5. The van der Waals surface area contributed by atoms with Crippen LogP contribution in [0.4, 0.5) is 18.6 Å². The van der Waals surface area contributed by atoms with Gasteiger partial charge in [-0.2, -0.15) is 0 Å². The molecule has 0 aliphatic heterocycles. The highest BCUT2D eigenvalue weighted by atomic mass is 19.4. The van der Waals surface area contributed by atoms with E-state index < -0.39 is 18.4 Å². The fraction of sp³-hybridized carbons (Fsp3) is 0.250. The monoisotopic (exact) mass is 250 g/mol. The minimum atomic E-state index is -5.08. The molecule has 0 unspecified atom stereocenters. The molecule has 0 aliphatic rings. The molecule has 0 atom stereocenters. The van der Waals surface area contributed by atoms with E-state index in [0.717, 1.165) is 18.2 Å². The van der Waals surface area contributed by atoms with Crippen molar-refractivity contribution in [3.8, 4) is 11.5 Å². The number of non-ortho nitro benzene ring substituents is 1. The fourth-order valence-electron chi connectivity index (χ4n) is 1.07. The third-order valence-electron chi connectivity index (χ3n) is 1.79. The van der Waals surface area contributed by atoms with Gasteiger partial charge in [-0.25, -0.2) is 0 Å². The molecule has 9 heteroatoms. The molecular formula is C8H8BF3NO4-. The molecule has 0 aromatic heterocycles. The minimum Gasteiger partial charge on any atom is -0.519 e. The van der Waals surface area contributed by atoms with Gasteiger partial charge in [0, 0.05) is 6.07 Å². The number of hydrogen-bond acceptors (Lipinski definition) is 4. The van der Waals surface area contributed by atoms with Gasteiger partial charge in [-0.1, -0.05) is 0 Å². The Labute approximate surface area is 94.3 Å². The van der Waals surface area contributed by atoms with Gasteiger partial charge >= 0.3 is 6.98 Å². The number of nitro groups is 1. The van der Waals surface area contributed by atoms with Crippen LogP contribution in [0.1, 0.15) is 0 Å². The summed E-state index contributed by atoms with van der Waals surface area (Å²) >= 11 is 0. The zero-order chi connectivity index (χ0) is 13.1. The average Bonchev–Trinajstić information content (AvgIpc) is 2.24. The van der Waals surface area contributed by atoms with E-state index >= 15 is 0 Å². The summed E-state index contributed by atoms with van der Waals surface area (Å²) in [6.07, 6.45) is 0. The van der Waals surface area contributed by atoms with E-state index in [1.165, 1.54) is 7.11 Å². The first-order valence-corrected chi connectivity index (χ1v) is 4.49. The van der Waals surface area contributed by atoms with E-state index in [1.807, 2.05) is 0 Å².